The third-order valence-electron chi connectivity index (χ3n) is 5.09. The Morgan fingerprint density at radius 3 is 2.77 bits per heavy atom. The maximum absolute atomic E-state index is 12.2. The molecule has 1 aliphatic rings. The number of thiophene rings is 1. The van der Waals surface area contributed by atoms with Gasteiger partial charge in [-0.25, -0.2) is 0 Å². The fraction of sp³-hybridized carbons (Fsp3) is 0.304. The van der Waals surface area contributed by atoms with Crippen LogP contribution in [0.25, 0.3) is 0 Å². The minimum absolute atomic E-state index is 0.134. The van der Waals surface area contributed by atoms with Crippen LogP contribution in [-0.2, 0) is 6.54 Å². The normalized spacial score (nSPS) is 15.1. The van der Waals surface area contributed by atoms with Crippen LogP contribution in [0.2, 0.25) is 5.02 Å². The summed E-state index contributed by atoms with van der Waals surface area (Å²) in [6.45, 7) is 4.82. The molecule has 1 fully saturated rings. The monoisotopic (exact) mass is 441 g/mol. The zero-order chi connectivity index (χ0) is 20.9. The van der Waals surface area contributed by atoms with E-state index in [2.05, 4.69) is 27.3 Å². The molecule has 0 atom stereocenters. The summed E-state index contributed by atoms with van der Waals surface area (Å²) in [5, 5.41) is 5.25. The van der Waals surface area contributed by atoms with Gasteiger partial charge in [-0.15, -0.1) is 11.3 Å². The van der Waals surface area contributed by atoms with Gasteiger partial charge < -0.3 is 10.1 Å². The van der Waals surface area contributed by atoms with E-state index in [1.54, 1.807) is 12.1 Å². The second kappa shape index (κ2) is 9.60. The van der Waals surface area contributed by atoms with Crippen molar-refractivity contribution < 1.29 is 9.53 Å². The number of amides is 1. The molecule has 1 aliphatic heterocycles. The smallest absolute Gasteiger partial charge is 0.265 e. The van der Waals surface area contributed by atoms with Crippen LogP contribution in [0.15, 0.2) is 53.9 Å². The summed E-state index contributed by atoms with van der Waals surface area (Å²) >= 11 is 7.82. The first-order chi connectivity index (χ1) is 14.6. The van der Waals surface area contributed by atoms with Crippen LogP contribution in [0.5, 0.6) is 5.75 Å². The molecule has 0 bridgehead atoms. The summed E-state index contributed by atoms with van der Waals surface area (Å²) in [5.41, 5.74) is 2.82. The average Bonchev–Trinajstić information content (AvgIpc) is 3.27. The van der Waals surface area contributed by atoms with Crippen molar-refractivity contribution in [1.29, 1.82) is 0 Å². The maximum atomic E-state index is 12.2. The number of likely N-dealkylation sites (tertiary alicyclic amines) is 1. The summed E-state index contributed by atoms with van der Waals surface area (Å²) in [7, 11) is 0. The molecule has 0 spiro atoms. The van der Waals surface area contributed by atoms with Gasteiger partial charge in [0.1, 0.15) is 11.9 Å². The van der Waals surface area contributed by atoms with Crippen molar-refractivity contribution in [1.82, 2.24) is 9.88 Å². The molecule has 1 aromatic carbocycles. The van der Waals surface area contributed by atoms with E-state index in [0.29, 0.717) is 21.3 Å². The first-order valence-electron chi connectivity index (χ1n) is 10.0. The Balaban J connectivity index is 1.29. The van der Waals surface area contributed by atoms with Gasteiger partial charge in [-0.1, -0.05) is 23.7 Å². The SMILES string of the molecule is Cc1cccc(CN2CCC(Oc3ccc(NC(=O)c4cccs4)cc3Cl)CC2)n1. The molecule has 3 aromatic rings. The molecule has 7 heteroatoms. The highest BCUT2D eigenvalue weighted by Gasteiger charge is 2.22. The number of carbonyl (C=O) groups is 1. The van der Waals surface area contributed by atoms with E-state index in [1.807, 2.05) is 36.6 Å². The Kier molecular flexibility index (Phi) is 6.67. The largest absolute Gasteiger partial charge is 0.489 e. The van der Waals surface area contributed by atoms with Crippen LogP contribution in [0.1, 0.15) is 33.9 Å². The maximum Gasteiger partial charge on any atom is 0.265 e. The lowest BCUT2D eigenvalue weighted by molar-refractivity contribution is 0.0961. The van der Waals surface area contributed by atoms with E-state index >= 15 is 0 Å². The summed E-state index contributed by atoms with van der Waals surface area (Å²) in [5.74, 6) is 0.523. The van der Waals surface area contributed by atoms with Crippen molar-refractivity contribution in [3.8, 4) is 5.75 Å². The number of anilines is 1. The zero-order valence-electron chi connectivity index (χ0n) is 16.8. The number of hydrogen-bond donors (Lipinski definition) is 1. The number of nitrogens with one attached hydrogen (secondary N) is 1. The van der Waals surface area contributed by atoms with Gasteiger partial charge >= 0.3 is 0 Å². The lowest BCUT2D eigenvalue weighted by atomic mass is 10.1. The Hall–Kier alpha value is -2.41. The van der Waals surface area contributed by atoms with Gasteiger partial charge in [0.2, 0.25) is 0 Å². The van der Waals surface area contributed by atoms with Crippen LogP contribution in [0.4, 0.5) is 5.69 Å². The number of benzene rings is 1. The molecule has 2 aromatic heterocycles. The van der Waals surface area contributed by atoms with E-state index in [-0.39, 0.29) is 12.0 Å². The van der Waals surface area contributed by atoms with Crippen molar-refractivity contribution >= 4 is 34.5 Å². The number of hydrogen-bond acceptors (Lipinski definition) is 5. The van der Waals surface area contributed by atoms with Crippen LogP contribution in [-0.4, -0.2) is 35.0 Å². The molecule has 1 N–H and O–H groups in total. The highest BCUT2D eigenvalue weighted by molar-refractivity contribution is 7.12. The van der Waals surface area contributed by atoms with Crippen LogP contribution < -0.4 is 10.1 Å². The van der Waals surface area contributed by atoms with Crippen molar-refractivity contribution in [2.45, 2.75) is 32.4 Å². The van der Waals surface area contributed by atoms with Crippen molar-refractivity contribution in [3.63, 3.8) is 0 Å². The number of aromatic nitrogens is 1. The second-order valence-electron chi connectivity index (χ2n) is 7.44. The third kappa shape index (κ3) is 5.39. The van der Waals surface area contributed by atoms with Gasteiger partial charge in [-0.05, 0) is 61.5 Å². The predicted molar refractivity (Wildman–Crippen MR) is 122 cm³/mol. The fourth-order valence-corrected chi connectivity index (χ4v) is 4.40. The van der Waals surface area contributed by atoms with E-state index in [0.717, 1.165) is 43.9 Å². The average molecular weight is 442 g/mol. The lowest BCUT2D eigenvalue weighted by Crippen LogP contribution is -2.38. The molecule has 5 nitrogen and oxygen atoms in total. The number of pyridine rings is 1. The molecule has 0 aliphatic carbocycles. The topological polar surface area (TPSA) is 54.5 Å². The Morgan fingerprint density at radius 1 is 1.23 bits per heavy atom. The minimum Gasteiger partial charge on any atom is -0.489 e. The van der Waals surface area contributed by atoms with Crippen LogP contribution >= 0.6 is 22.9 Å². The fourth-order valence-electron chi connectivity index (χ4n) is 3.56. The molecule has 30 heavy (non-hydrogen) atoms. The van der Waals surface area contributed by atoms with Crippen molar-refractivity contribution in [3.05, 3.63) is 75.2 Å². The van der Waals surface area contributed by atoms with Crippen molar-refractivity contribution in [2.24, 2.45) is 0 Å². The first-order valence-corrected chi connectivity index (χ1v) is 11.3. The van der Waals surface area contributed by atoms with Crippen LogP contribution in [0.3, 0.4) is 0 Å². The number of rotatable bonds is 6. The highest BCUT2D eigenvalue weighted by atomic mass is 35.5. The quantitative estimate of drug-likeness (QED) is 0.556. The molecule has 1 saturated heterocycles. The highest BCUT2D eigenvalue weighted by Crippen LogP contribution is 2.30. The minimum atomic E-state index is -0.134. The molecule has 3 heterocycles. The number of piperidine rings is 1. The van der Waals surface area contributed by atoms with Crippen molar-refractivity contribution in [2.75, 3.05) is 18.4 Å². The number of halogens is 1. The molecular formula is C23H24ClN3O2S. The third-order valence-corrected chi connectivity index (χ3v) is 6.26. The lowest BCUT2D eigenvalue weighted by Gasteiger charge is -2.32. The Bertz CT molecular complexity index is 1000. The van der Waals surface area contributed by atoms with Crippen LogP contribution in [0, 0.1) is 6.92 Å². The summed E-state index contributed by atoms with van der Waals surface area (Å²) < 4.78 is 6.15. The Labute approximate surface area is 185 Å². The standard InChI is InChI=1S/C23H24ClN3O2S/c1-16-4-2-5-18(25-16)15-27-11-9-19(10-12-27)29-21-8-7-17(14-20(21)24)26-23(28)22-6-3-13-30-22/h2-8,13-14,19H,9-12,15H2,1H3,(H,26,28). The molecule has 0 unspecified atom stereocenters. The Morgan fingerprint density at radius 2 is 2.07 bits per heavy atom. The molecule has 0 radical (unpaired) electrons. The van der Waals surface area contributed by atoms with Gasteiger partial charge in [0, 0.05) is 31.0 Å². The molecule has 0 saturated carbocycles. The number of carbonyl (C=O) groups excluding carboxylic acids is 1. The molecule has 1 amide bonds. The first kappa shape index (κ1) is 20.8. The van der Waals surface area contributed by atoms with E-state index in [4.69, 9.17) is 16.3 Å². The van der Waals surface area contributed by atoms with Gasteiger partial charge in [-0.3, -0.25) is 14.7 Å². The summed E-state index contributed by atoms with van der Waals surface area (Å²) in [4.78, 5) is 19.9. The summed E-state index contributed by atoms with van der Waals surface area (Å²) in [6.07, 6.45) is 2.02. The van der Waals surface area contributed by atoms with E-state index in [1.165, 1.54) is 11.3 Å². The molecule has 156 valence electrons. The number of nitrogens with zero attached hydrogens (tertiary/aromatic N) is 2. The zero-order valence-corrected chi connectivity index (χ0v) is 18.4. The van der Waals surface area contributed by atoms with Gasteiger partial charge in [0.25, 0.3) is 5.91 Å². The van der Waals surface area contributed by atoms with E-state index in [9.17, 15) is 4.79 Å². The second-order valence-corrected chi connectivity index (χ2v) is 8.80. The number of ether oxygens (including phenoxy) is 1. The molecule has 4 rings (SSSR count). The molecular weight excluding hydrogens is 418 g/mol. The van der Waals surface area contributed by atoms with Gasteiger partial charge in [-0.2, -0.15) is 0 Å². The van der Waals surface area contributed by atoms with Gasteiger partial charge in [0.15, 0.2) is 0 Å². The predicted octanol–water partition coefficient (Wildman–Crippen LogP) is 5.40. The van der Waals surface area contributed by atoms with E-state index < -0.39 is 0 Å². The number of aryl methyl sites for hydroxylation is 1. The summed E-state index contributed by atoms with van der Waals surface area (Å²) in [6, 6.07) is 15.2. The van der Waals surface area contributed by atoms with Gasteiger partial charge in [0.05, 0.1) is 15.6 Å².